The van der Waals surface area contributed by atoms with Crippen LogP contribution in [0.1, 0.15) is 37.3 Å². The van der Waals surface area contributed by atoms with Crippen LogP contribution in [0, 0.1) is 0 Å². The third-order valence-corrected chi connectivity index (χ3v) is 4.59. The second-order valence-electron chi connectivity index (χ2n) is 6.03. The van der Waals surface area contributed by atoms with E-state index in [2.05, 4.69) is 39.3 Å². The van der Waals surface area contributed by atoms with Gasteiger partial charge in [0.25, 0.3) is 0 Å². The highest BCUT2D eigenvalue weighted by Crippen LogP contribution is 2.32. The minimum atomic E-state index is 0.205. The van der Waals surface area contributed by atoms with E-state index in [1.807, 2.05) is 12.3 Å². The van der Waals surface area contributed by atoms with Gasteiger partial charge in [0.2, 0.25) is 5.95 Å². The number of nitrogens with zero attached hydrogens (tertiary/aromatic N) is 2. The summed E-state index contributed by atoms with van der Waals surface area (Å²) in [6.07, 6.45) is 10.4. The molecule has 1 atom stereocenters. The van der Waals surface area contributed by atoms with Crippen LogP contribution in [0.2, 0.25) is 0 Å². The fourth-order valence-electron chi connectivity index (χ4n) is 3.50. The molecule has 0 saturated heterocycles. The van der Waals surface area contributed by atoms with Gasteiger partial charge in [-0.1, -0.05) is 31.0 Å². The summed E-state index contributed by atoms with van der Waals surface area (Å²) in [6, 6.07) is 8.92. The number of ether oxygens (including phenoxy) is 1. The first kappa shape index (κ1) is 12.7. The van der Waals surface area contributed by atoms with Crippen LogP contribution in [-0.2, 0) is 6.42 Å². The Bertz CT molecular complexity index is 591. The Kier molecular flexibility index (Phi) is 3.30. The topological polar surface area (TPSA) is 39.1 Å². The van der Waals surface area contributed by atoms with Crippen LogP contribution in [-0.4, -0.2) is 22.2 Å². The van der Waals surface area contributed by atoms with Crippen LogP contribution in [0.3, 0.4) is 0 Å². The van der Waals surface area contributed by atoms with Crippen LogP contribution < -0.4 is 10.1 Å². The second kappa shape index (κ2) is 5.43. The number of hydrogen-bond acceptors (Lipinski definition) is 3. The van der Waals surface area contributed by atoms with Crippen molar-refractivity contribution in [1.82, 2.24) is 9.55 Å². The summed E-state index contributed by atoms with van der Waals surface area (Å²) in [5.74, 6) is 2.02. The molecule has 1 fully saturated rings. The van der Waals surface area contributed by atoms with Crippen LogP contribution in [0.5, 0.6) is 5.75 Å². The third kappa shape index (κ3) is 2.50. The van der Waals surface area contributed by atoms with Gasteiger partial charge in [0.1, 0.15) is 11.9 Å². The van der Waals surface area contributed by atoms with Gasteiger partial charge in [-0.2, -0.15) is 0 Å². The molecule has 2 aromatic rings. The maximum absolute atomic E-state index is 5.97. The molecule has 0 spiro atoms. The summed E-state index contributed by atoms with van der Waals surface area (Å²) in [4.78, 5) is 4.47. The average Bonchev–Trinajstić information content (AvgIpc) is 3.23. The SMILES string of the molecule is c1ccc2c(c1)CC(CNc1nccn1C1CCCC1)O2. The van der Waals surface area contributed by atoms with E-state index in [0.29, 0.717) is 6.04 Å². The van der Waals surface area contributed by atoms with Crippen molar-refractivity contribution >= 4 is 5.95 Å². The lowest BCUT2D eigenvalue weighted by Crippen LogP contribution is -2.25. The Hall–Kier alpha value is -1.97. The average molecular weight is 283 g/mol. The van der Waals surface area contributed by atoms with Crippen molar-refractivity contribution in [2.45, 2.75) is 44.2 Å². The van der Waals surface area contributed by atoms with Gasteiger partial charge in [0, 0.05) is 24.9 Å². The van der Waals surface area contributed by atoms with E-state index < -0.39 is 0 Å². The number of anilines is 1. The van der Waals surface area contributed by atoms with Gasteiger partial charge in [-0.05, 0) is 24.5 Å². The minimum Gasteiger partial charge on any atom is -0.488 e. The summed E-state index contributed by atoms with van der Waals surface area (Å²) in [5, 5.41) is 3.47. The molecule has 1 aliphatic heterocycles. The van der Waals surface area contributed by atoms with Crippen LogP contribution >= 0.6 is 0 Å². The molecule has 2 aliphatic rings. The monoisotopic (exact) mass is 283 g/mol. The summed E-state index contributed by atoms with van der Waals surface area (Å²) in [5.41, 5.74) is 1.31. The molecule has 0 amide bonds. The molecule has 4 rings (SSSR count). The van der Waals surface area contributed by atoms with Crippen molar-refractivity contribution in [1.29, 1.82) is 0 Å². The Morgan fingerprint density at radius 3 is 2.95 bits per heavy atom. The normalized spacial score (nSPS) is 21.2. The first-order valence-electron chi connectivity index (χ1n) is 7.91. The molecular formula is C17H21N3O. The van der Waals surface area contributed by atoms with Crippen molar-refractivity contribution in [2.75, 3.05) is 11.9 Å². The zero-order chi connectivity index (χ0) is 14.1. The number of benzene rings is 1. The number of nitrogens with one attached hydrogen (secondary N) is 1. The van der Waals surface area contributed by atoms with Crippen LogP contribution in [0.25, 0.3) is 0 Å². The van der Waals surface area contributed by atoms with Crippen molar-refractivity contribution < 1.29 is 4.74 Å². The molecule has 1 N–H and O–H groups in total. The van der Waals surface area contributed by atoms with Gasteiger partial charge in [-0.25, -0.2) is 4.98 Å². The van der Waals surface area contributed by atoms with Gasteiger partial charge >= 0.3 is 0 Å². The molecule has 1 aliphatic carbocycles. The third-order valence-electron chi connectivity index (χ3n) is 4.59. The minimum absolute atomic E-state index is 0.205. The largest absolute Gasteiger partial charge is 0.488 e. The lowest BCUT2D eigenvalue weighted by molar-refractivity contribution is 0.246. The van der Waals surface area contributed by atoms with Crippen LogP contribution in [0.4, 0.5) is 5.95 Å². The molecule has 4 nitrogen and oxygen atoms in total. The molecule has 1 aromatic heterocycles. The first-order chi connectivity index (χ1) is 10.4. The standard InChI is InChI=1S/C17H21N3O/c1-4-8-16-13(5-1)11-15(21-16)12-19-17-18-9-10-20(17)14-6-2-3-7-14/h1,4-5,8-10,14-15H,2-3,6-7,11-12H2,(H,18,19). The van der Waals surface area contributed by atoms with E-state index in [9.17, 15) is 0 Å². The number of para-hydroxylation sites is 1. The second-order valence-corrected chi connectivity index (χ2v) is 6.03. The number of aromatic nitrogens is 2. The molecule has 2 heterocycles. The zero-order valence-corrected chi connectivity index (χ0v) is 12.2. The number of hydrogen-bond donors (Lipinski definition) is 1. The molecule has 4 heteroatoms. The molecular weight excluding hydrogens is 262 g/mol. The fraction of sp³-hybridized carbons (Fsp3) is 0.471. The van der Waals surface area contributed by atoms with Crippen molar-refractivity contribution in [3.8, 4) is 5.75 Å². The maximum atomic E-state index is 5.97. The molecule has 21 heavy (non-hydrogen) atoms. The zero-order valence-electron chi connectivity index (χ0n) is 12.2. The molecule has 1 saturated carbocycles. The van der Waals surface area contributed by atoms with E-state index in [1.54, 1.807) is 0 Å². The first-order valence-corrected chi connectivity index (χ1v) is 7.91. The summed E-state index contributed by atoms with van der Waals surface area (Å²) in [6.45, 7) is 0.804. The van der Waals surface area contributed by atoms with Crippen LogP contribution in [0.15, 0.2) is 36.7 Å². The van der Waals surface area contributed by atoms with E-state index in [-0.39, 0.29) is 6.10 Å². The van der Waals surface area contributed by atoms with Crippen molar-refractivity contribution in [3.05, 3.63) is 42.2 Å². The van der Waals surface area contributed by atoms with Crippen molar-refractivity contribution in [2.24, 2.45) is 0 Å². The highest BCUT2D eigenvalue weighted by Gasteiger charge is 2.23. The Morgan fingerprint density at radius 2 is 2.10 bits per heavy atom. The molecule has 110 valence electrons. The molecule has 0 radical (unpaired) electrons. The lowest BCUT2D eigenvalue weighted by Gasteiger charge is -2.17. The van der Waals surface area contributed by atoms with Gasteiger partial charge in [0.15, 0.2) is 0 Å². The Balaban J connectivity index is 1.39. The maximum Gasteiger partial charge on any atom is 0.203 e. The van der Waals surface area contributed by atoms with Gasteiger partial charge in [0.05, 0.1) is 6.54 Å². The molecule has 1 unspecified atom stereocenters. The van der Waals surface area contributed by atoms with Crippen molar-refractivity contribution in [3.63, 3.8) is 0 Å². The number of imidazole rings is 1. The smallest absolute Gasteiger partial charge is 0.203 e. The quantitative estimate of drug-likeness (QED) is 0.934. The van der Waals surface area contributed by atoms with E-state index >= 15 is 0 Å². The van der Waals surface area contributed by atoms with Gasteiger partial charge in [-0.3, -0.25) is 0 Å². The number of rotatable bonds is 4. The highest BCUT2D eigenvalue weighted by atomic mass is 16.5. The highest BCUT2D eigenvalue weighted by molar-refractivity contribution is 5.38. The molecule has 0 bridgehead atoms. The Labute approximate surface area is 125 Å². The predicted octanol–water partition coefficient (Wildman–Crippen LogP) is 3.41. The Morgan fingerprint density at radius 1 is 1.24 bits per heavy atom. The summed E-state index contributed by atoms with van der Waals surface area (Å²) in [7, 11) is 0. The lowest BCUT2D eigenvalue weighted by atomic mass is 10.1. The predicted molar refractivity (Wildman–Crippen MR) is 82.8 cm³/mol. The summed E-state index contributed by atoms with van der Waals surface area (Å²) < 4.78 is 8.27. The van der Waals surface area contributed by atoms with E-state index in [4.69, 9.17) is 4.74 Å². The van der Waals surface area contributed by atoms with E-state index in [0.717, 1.165) is 24.7 Å². The van der Waals surface area contributed by atoms with E-state index in [1.165, 1.54) is 31.2 Å². The molecule has 1 aromatic carbocycles. The number of fused-ring (bicyclic) bond motifs is 1. The fourth-order valence-corrected chi connectivity index (χ4v) is 3.50. The van der Waals surface area contributed by atoms with Gasteiger partial charge < -0.3 is 14.6 Å². The summed E-state index contributed by atoms with van der Waals surface area (Å²) >= 11 is 0. The van der Waals surface area contributed by atoms with Gasteiger partial charge in [-0.15, -0.1) is 0 Å².